The van der Waals surface area contributed by atoms with Crippen molar-refractivity contribution >= 4 is 41.7 Å². The van der Waals surface area contributed by atoms with Crippen LogP contribution >= 0.6 is 35.7 Å². The number of aliphatic imine (C=N–C) groups is 1. The fraction of sp³-hybridized carbons (Fsp3) is 0.350. The highest BCUT2D eigenvalue weighted by Crippen LogP contribution is 2.15. The molecule has 0 aliphatic heterocycles. The first-order chi connectivity index (χ1) is 12.2. The molecule has 0 atom stereocenters. The molecule has 26 heavy (non-hydrogen) atoms. The molecule has 0 radical (unpaired) electrons. The lowest BCUT2D eigenvalue weighted by molar-refractivity contribution is 0.402. The SMILES string of the molecule is CN=C(NCCSc1ccccc1)NCc1cccc(CN(C)C)c1.I. The summed E-state index contributed by atoms with van der Waals surface area (Å²) in [6, 6.07) is 19.1. The monoisotopic (exact) mass is 484 g/mol. The average molecular weight is 484 g/mol. The predicted octanol–water partition coefficient (Wildman–Crippen LogP) is 3.82. The Labute approximate surface area is 178 Å². The second-order valence-corrected chi connectivity index (χ2v) is 7.24. The van der Waals surface area contributed by atoms with Gasteiger partial charge in [0.1, 0.15) is 0 Å². The predicted molar refractivity (Wildman–Crippen MR) is 125 cm³/mol. The van der Waals surface area contributed by atoms with Gasteiger partial charge in [-0.2, -0.15) is 0 Å². The Bertz CT molecular complexity index is 662. The number of thioether (sulfide) groups is 1. The molecule has 0 aliphatic rings. The van der Waals surface area contributed by atoms with E-state index < -0.39 is 0 Å². The van der Waals surface area contributed by atoms with Crippen LogP contribution in [0.15, 0.2) is 64.5 Å². The van der Waals surface area contributed by atoms with Crippen molar-refractivity contribution in [1.29, 1.82) is 0 Å². The fourth-order valence-electron chi connectivity index (χ4n) is 2.46. The van der Waals surface area contributed by atoms with Gasteiger partial charge in [-0.1, -0.05) is 42.5 Å². The van der Waals surface area contributed by atoms with Gasteiger partial charge in [0, 0.05) is 37.3 Å². The van der Waals surface area contributed by atoms with E-state index in [-0.39, 0.29) is 24.0 Å². The second-order valence-electron chi connectivity index (χ2n) is 6.07. The molecule has 0 saturated carbocycles. The lowest BCUT2D eigenvalue weighted by Gasteiger charge is -2.13. The van der Waals surface area contributed by atoms with E-state index in [1.165, 1.54) is 16.0 Å². The molecule has 6 heteroatoms. The van der Waals surface area contributed by atoms with Crippen molar-refractivity contribution < 1.29 is 0 Å². The molecule has 0 fully saturated rings. The number of guanidine groups is 1. The van der Waals surface area contributed by atoms with Crippen LogP contribution in [0.2, 0.25) is 0 Å². The maximum Gasteiger partial charge on any atom is 0.191 e. The van der Waals surface area contributed by atoms with E-state index >= 15 is 0 Å². The van der Waals surface area contributed by atoms with Crippen molar-refractivity contribution in [3.05, 3.63) is 65.7 Å². The first-order valence-corrected chi connectivity index (χ1v) is 9.51. The fourth-order valence-corrected chi connectivity index (χ4v) is 3.25. The van der Waals surface area contributed by atoms with Crippen LogP contribution in [0.1, 0.15) is 11.1 Å². The van der Waals surface area contributed by atoms with Crippen LogP contribution in [-0.4, -0.2) is 44.3 Å². The lowest BCUT2D eigenvalue weighted by atomic mass is 10.1. The van der Waals surface area contributed by atoms with Crippen molar-refractivity contribution in [2.75, 3.05) is 33.4 Å². The van der Waals surface area contributed by atoms with E-state index in [2.05, 4.69) is 83.2 Å². The topological polar surface area (TPSA) is 39.7 Å². The highest BCUT2D eigenvalue weighted by atomic mass is 127. The first kappa shape index (κ1) is 22.8. The van der Waals surface area contributed by atoms with Gasteiger partial charge in [-0.3, -0.25) is 4.99 Å². The highest BCUT2D eigenvalue weighted by Gasteiger charge is 2.01. The van der Waals surface area contributed by atoms with Gasteiger partial charge in [-0.15, -0.1) is 35.7 Å². The zero-order valence-corrected chi connectivity index (χ0v) is 18.9. The minimum absolute atomic E-state index is 0. The van der Waals surface area contributed by atoms with Crippen LogP contribution in [0.5, 0.6) is 0 Å². The number of halogens is 1. The van der Waals surface area contributed by atoms with Crippen LogP contribution in [0, 0.1) is 0 Å². The Morgan fingerprint density at radius 2 is 1.73 bits per heavy atom. The van der Waals surface area contributed by atoms with Gasteiger partial charge < -0.3 is 15.5 Å². The smallest absolute Gasteiger partial charge is 0.191 e. The summed E-state index contributed by atoms with van der Waals surface area (Å²) in [5.74, 6) is 1.84. The van der Waals surface area contributed by atoms with Gasteiger partial charge >= 0.3 is 0 Å². The van der Waals surface area contributed by atoms with E-state index in [1.54, 1.807) is 0 Å². The van der Waals surface area contributed by atoms with Gasteiger partial charge in [0.15, 0.2) is 5.96 Å². The minimum atomic E-state index is 0. The lowest BCUT2D eigenvalue weighted by Crippen LogP contribution is -2.37. The molecule has 0 saturated heterocycles. The molecule has 0 spiro atoms. The van der Waals surface area contributed by atoms with Crippen molar-refractivity contribution in [1.82, 2.24) is 15.5 Å². The van der Waals surface area contributed by atoms with Crippen LogP contribution in [-0.2, 0) is 13.1 Å². The maximum atomic E-state index is 4.30. The summed E-state index contributed by atoms with van der Waals surface area (Å²) >= 11 is 1.85. The summed E-state index contributed by atoms with van der Waals surface area (Å²) in [5.41, 5.74) is 2.59. The molecule has 2 aromatic rings. The first-order valence-electron chi connectivity index (χ1n) is 8.52. The second kappa shape index (κ2) is 13.0. The summed E-state index contributed by atoms with van der Waals surface area (Å²) < 4.78 is 0. The Balaban J connectivity index is 0.00000338. The molecule has 2 rings (SSSR count). The Morgan fingerprint density at radius 3 is 2.42 bits per heavy atom. The van der Waals surface area contributed by atoms with E-state index in [9.17, 15) is 0 Å². The van der Waals surface area contributed by atoms with Crippen molar-refractivity contribution in [2.45, 2.75) is 18.0 Å². The third-order valence-corrected chi connectivity index (χ3v) is 4.59. The quantitative estimate of drug-likeness (QED) is 0.197. The maximum absolute atomic E-state index is 4.30. The molecule has 0 bridgehead atoms. The van der Waals surface area contributed by atoms with E-state index in [0.29, 0.717) is 0 Å². The molecule has 4 nitrogen and oxygen atoms in total. The van der Waals surface area contributed by atoms with Crippen LogP contribution < -0.4 is 10.6 Å². The molecule has 0 aromatic heterocycles. The third kappa shape index (κ3) is 8.91. The number of nitrogens with one attached hydrogen (secondary N) is 2. The van der Waals surface area contributed by atoms with Gasteiger partial charge in [-0.25, -0.2) is 0 Å². The Hall–Kier alpha value is -1.25. The number of hydrogen-bond donors (Lipinski definition) is 2. The van der Waals surface area contributed by atoms with Crippen LogP contribution in [0.4, 0.5) is 0 Å². The van der Waals surface area contributed by atoms with Crippen molar-refractivity contribution in [2.24, 2.45) is 4.99 Å². The largest absolute Gasteiger partial charge is 0.356 e. The van der Waals surface area contributed by atoms with E-state index in [0.717, 1.165) is 31.3 Å². The normalized spacial score (nSPS) is 11.2. The molecule has 0 amide bonds. The third-order valence-electron chi connectivity index (χ3n) is 3.58. The van der Waals surface area contributed by atoms with Crippen LogP contribution in [0.25, 0.3) is 0 Å². The van der Waals surface area contributed by atoms with E-state index in [1.807, 2.05) is 24.9 Å². The summed E-state index contributed by atoms with van der Waals surface area (Å²) in [6.45, 7) is 2.60. The molecular weight excluding hydrogens is 455 g/mol. The number of benzene rings is 2. The van der Waals surface area contributed by atoms with E-state index in [4.69, 9.17) is 0 Å². The highest BCUT2D eigenvalue weighted by molar-refractivity contribution is 14.0. The Kier molecular flexibility index (Phi) is 11.4. The Morgan fingerprint density at radius 1 is 1.00 bits per heavy atom. The summed E-state index contributed by atoms with van der Waals surface area (Å²) in [4.78, 5) is 7.77. The van der Waals surface area contributed by atoms with Gasteiger partial charge in [0.05, 0.1) is 0 Å². The number of nitrogens with zero attached hydrogens (tertiary/aromatic N) is 2. The van der Waals surface area contributed by atoms with Gasteiger partial charge in [0.25, 0.3) is 0 Å². The van der Waals surface area contributed by atoms with Crippen LogP contribution in [0.3, 0.4) is 0 Å². The molecule has 2 N–H and O–H groups in total. The van der Waals surface area contributed by atoms with Gasteiger partial charge in [0.2, 0.25) is 0 Å². The molecular formula is C20H29IN4S. The minimum Gasteiger partial charge on any atom is -0.356 e. The molecule has 0 aliphatic carbocycles. The summed E-state index contributed by atoms with van der Waals surface area (Å²) in [7, 11) is 5.98. The zero-order chi connectivity index (χ0) is 17.9. The van der Waals surface area contributed by atoms with Gasteiger partial charge in [-0.05, 0) is 37.4 Å². The molecule has 0 heterocycles. The summed E-state index contributed by atoms with van der Waals surface area (Å²) in [6.07, 6.45) is 0. The zero-order valence-electron chi connectivity index (χ0n) is 15.7. The van der Waals surface area contributed by atoms with Crippen molar-refractivity contribution in [3.63, 3.8) is 0 Å². The molecule has 142 valence electrons. The number of rotatable bonds is 8. The summed E-state index contributed by atoms with van der Waals surface area (Å²) in [5, 5.41) is 6.75. The number of hydrogen-bond acceptors (Lipinski definition) is 3. The molecule has 0 unspecified atom stereocenters. The average Bonchev–Trinajstić information content (AvgIpc) is 2.62. The molecule has 2 aromatic carbocycles. The standard InChI is InChI=1S/C20H28N4S.HI/c1-21-20(22-12-13-25-19-10-5-4-6-11-19)23-15-17-8-7-9-18(14-17)16-24(2)3;/h4-11,14H,12-13,15-16H2,1-3H3,(H2,21,22,23);1H. The van der Waals surface area contributed by atoms with Crippen molar-refractivity contribution in [3.8, 4) is 0 Å².